The van der Waals surface area contributed by atoms with E-state index < -0.39 is 11.5 Å². The van der Waals surface area contributed by atoms with Crippen LogP contribution in [0.4, 0.5) is 0 Å². The molecule has 0 saturated carbocycles. The monoisotopic (exact) mass is 470 g/mol. The summed E-state index contributed by atoms with van der Waals surface area (Å²) >= 11 is 5.98. The van der Waals surface area contributed by atoms with Gasteiger partial charge in [0.15, 0.2) is 0 Å². The van der Waals surface area contributed by atoms with Gasteiger partial charge in [0.25, 0.3) is 0 Å². The van der Waals surface area contributed by atoms with Crippen molar-refractivity contribution in [1.82, 2.24) is 9.80 Å². The van der Waals surface area contributed by atoms with E-state index in [-0.39, 0.29) is 37.9 Å². The molecule has 7 heteroatoms. The number of likely N-dealkylation sites (tertiary alicyclic amines) is 1. The smallest absolute Gasteiger partial charge is 0.325 e. The number of hydrogen-bond acceptors (Lipinski definition) is 4. The Morgan fingerprint density at radius 3 is 2.24 bits per heavy atom. The molecule has 33 heavy (non-hydrogen) atoms. The fourth-order valence-electron chi connectivity index (χ4n) is 4.34. The summed E-state index contributed by atoms with van der Waals surface area (Å²) in [6.07, 6.45) is 0.783. The van der Waals surface area contributed by atoms with Gasteiger partial charge in [0, 0.05) is 18.1 Å². The fourth-order valence-corrected chi connectivity index (χ4v) is 4.46. The van der Waals surface area contributed by atoms with Crippen molar-refractivity contribution in [3.8, 4) is 0 Å². The minimum absolute atomic E-state index is 0.0929. The number of rotatable bonds is 8. The molecule has 1 aliphatic rings. The standard InChI is InChI=1S/C26H31ClN2O4/c1-5-33-24(31)17-28(16-20-6-8-22(27)9-7-20)25(32)26(4)10-11-29(26)23(30)15-21-13-18(2)12-19(3)14-21/h6-9,12-14H,5,10-11,15-17H2,1-4H3/t26-/m0/s1. The van der Waals surface area contributed by atoms with Crippen LogP contribution in [0.25, 0.3) is 0 Å². The van der Waals surface area contributed by atoms with E-state index in [1.54, 1.807) is 30.9 Å². The largest absolute Gasteiger partial charge is 0.465 e. The molecule has 0 aliphatic carbocycles. The van der Waals surface area contributed by atoms with Crippen molar-refractivity contribution in [1.29, 1.82) is 0 Å². The lowest BCUT2D eigenvalue weighted by molar-refractivity contribution is -0.166. The minimum atomic E-state index is -0.991. The maximum absolute atomic E-state index is 13.6. The SMILES string of the molecule is CCOC(=O)CN(Cc1ccc(Cl)cc1)C(=O)[C@]1(C)CCN1C(=O)Cc1cc(C)cc(C)c1. The van der Waals surface area contributed by atoms with Gasteiger partial charge in [-0.1, -0.05) is 53.1 Å². The maximum Gasteiger partial charge on any atom is 0.325 e. The van der Waals surface area contributed by atoms with Gasteiger partial charge in [-0.3, -0.25) is 14.4 Å². The summed E-state index contributed by atoms with van der Waals surface area (Å²) in [7, 11) is 0. The molecule has 0 radical (unpaired) electrons. The molecule has 1 saturated heterocycles. The highest BCUT2D eigenvalue weighted by Gasteiger charge is 2.51. The second kappa shape index (κ2) is 10.4. The molecule has 176 valence electrons. The van der Waals surface area contributed by atoms with Crippen LogP contribution < -0.4 is 0 Å². The Hall–Kier alpha value is -2.86. The zero-order valence-corrected chi connectivity index (χ0v) is 20.4. The highest BCUT2D eigenvalue weighted by atomic mass is 35.5. The maximum atomic E-state index is 13.6. The van der Waals surface area contributed by atoms with E-state index in [1.807, 2.05) is 38.1 Å². The number of carbonyl (C=O) groups excluding carboxylic acids is 3. The van der Waals surface area contributed by atoms with Crippen LogP contribution in [0.5, 0.6) is 0 Å². The first kappa shape index (κ1) is 24.8. The zero-order valence-electron chi connectivity index (χ0n) is 19.7. The van der Waals surface area contributed by atoms with Gasteiger partial charge in [-0.15, -0.1) is 0 Å². The lowest BCUT2D eigenvalue weighted by Crippen LogP contribution is -2.68. The number of nitrogens with zero attached hydrogens (tertiary/aromatic N) is 2. The highest BCUT2D eigenvalue weighted by molar-refractivity contribution is 6.30. The predicted octanol–water partition coefficient (Wildman–Crippen LogP) is 4.08. The van der Waals surface area contributed by atoms with Crippen LogP contribution in [0.1, 0.15) is 42.5 Å². The number of benzene rings is 2. The Balaban J connectivity index is 1.78. The van der Waals surface area contributed by atoms with E-state index in [1.165, 1.54) is 4.90 Å². The second-order valence-electron chi connectivity index (χ2n) is 8.83. The van der Waals surface area contributed by atoms with Gasteiger partial charge < -0.3 is 14.5 Å². The Morgan fingerprint density at radius 1 is 1.06 bits per heavy atom. The Labute approximate surface area is 200 Å². The van der Waals surface area contributed by atoms with Crippen molar-refractivity contribution >= 4 is 29.4 Å². The van der Waals surface area contributed by atoms with Gasteiger partial charge in [0.05, 0.1) is 13.0 Å². The van der Waals surface area contributed by atoms with Gasteiger partial charge >= 0.3 is 5.97 Å². The third-order valence-corrected chi connectivity index (χ3v) is 6.27. The molecule has 6 nitrogen and oxygen atoms in total. The molecule has 1 aliphatic heterocycles. The summed E-state index contributed by atoms with van der Waals surface area (Å²) in [5.74, 6) is -0.828. The van der Waals surface area contributed by atoms with Crippen molar-refractivity contribution < 1.29 is 19.1 Å². The van der Waals surface area contributed by atoms with Gasteiger partial charge in [0.1, 0.15) is 12.1 Å². The number of amides is 2. The lowest BCUT2D eigenvalue weighted by Gasteiger charge is -2.51. The van der Waals surface area contributed by atoms with Gasteiger partial charge in [-0.2, -0.15) is 0 Å². The van der Waals surface area contributed by atoms with Crippen LogP contribution in [-0.2, 0) is 32.1 Å². The van der Waals surface area contributed by atoms with Crippen LogP contribution in [0, 0.1) is 13.8 Å². The van der Waals surface area contributed by atoms with E-state index in [0.717, 1.165) is 22.3 Å². The van der Waals surface area contributed by atoms with Crippen molar-refractivity contribution in [3.05, 3.63) is 69.7 Å². The van der Waals surface area contributed by atoms with Gasteiger partial charge in [-0.05, 0) is 57.4 Å². The molecule has 1 heterocycles. The quantitative estimate of drug-likeness (QED) is 0.545. The fraction of sp³-hybridized carbons (Fsp3) is 0.423. The first-order valence-corrected chi connectivity index (χ1v) is 11.6. The number of carbonyl (C=O) groups is 3. The number of hydrogen-bond donors (Lipinski definition) is 0. The van der Waals surface area contributed by atoms with E-state index in [4.69, 9.17) is 16.3 Å². The first-order chi connectivity index (χ1) is 15.6. The van der Waals surface area contributed by atoms with E-state index in [2.05, 4.69) is 6.07 Å². The molecule has 0 unspecified atom stereocenters. The average Bonchev–Trinajstić information content (AvgIpc) is 2.72. The minimum Gasteiger partial charge on any atom is -0.465 e. The number of esters is 1. The third kappa shape index (κ3) is 5.93. The van der Waals surface area contributed by atoms with E-state index in [9.17, 15) is 14.4 Å². The summed E-state index contributed by atoms with van der Waals surface area (Å²) in [5, 5.41) is 0.594. The third-order valence-electron chi connectivity index (χ3n) is 6.02. The van der Waals surface area contributed by atoms with E-state index >= 15 is 0 Å². The molecule has 2 amide bonds. The molecule has 0 bridgehead atoms. The summed E-state index contributed by atoms with van der Waals surface area (Å²) in [6.45, 7) is 8.31. The molecule has 0 N–H and O–H groups in total. The molecule has 2 aromatic carbocycles. The summed E-state index contributed by atoms with van der Waals surface area (Å²) in [5.41, 5.74) is 2.99. The summed E-state index contributed by atoms with van der Waals surface area (Å²) in [4.78, 5) is 42.1. The first-order valence-electron chi connectivity index (χ1n) is 11.2. The van der Waals surface area contributed by atoms with Crippen molar-refractivity contribution in [3.63, 3.8) is 0 Å². The molecule has 3 rings (SSSR count). The Bertz CT molecular complexity index is 1020. The van der Waals surface area contributed by atoms with Crippen LogP contribution >= 0.6 is 11.6 Å². The van der Waals surface area contributed by atoms with Crippen LogP contribution in [-0.4, -0.2) is 52.8 Å². The average molecular weight is 471 g/mol. The van der Waals surface area contributed by atoms with Crippen LogP contribution in [0.3, 0.4) is 0 Å². The summed E-state index contributed by atoms with van der Waals surface area (Å²) < 4.78 is 5.08. The summed E-state index contributed by atoms with van der Waals surface area (Å²) in [6, 6.07) is 13.2. The normalized spacial score (nSPS) is 17.3. The van der Waals surface area contributed by atoms with Crippen molar-refractivity contribution in [2.45, 2.75) is 52.6 Å². The van der Waals surface area contributed by atoms with Crippen LogP contribution in [0.15, 0.2) is 42.5 Å². The molecular weight excluding hydrogens is 440 g/mol. The van der Waals surface area contributed by atoms with Gasteiger partial charge in [0.2, 0.25) is 11.8 Å². The predicted molar refractivity (Wildman–Crippen MR) is 128 cm³/mol. The Kier molecular flexibility index (Phi) is 7.80. The molecule has 2 aromatic rings. The van der Waals surface area contributed by atoms with Gasteiger partial charge in [-0.25, -0.2) is 0 Å². The highest BCUT2D eigenvalue weighted by Crippen LogP contribution is 2.33. The molecule has 0 aromatic heterocycles. The zero-order chi connectivity index (χ0) is 24.2. The van der Waals surface area contributed by atoms with Crippen molar-refractivity contribution in [2.24, 2.45) is 0 Å². The lowest BCUT2D eigenvalue weighted by atomic mass is 9.84. The number of aryl methyl sites for hydroxylation is 2. The van der Waals surface area contributed by atoms with Crippen LogP contribution in [0.2, 0.25) is 5.02 Å². The topological polar surface area (TPSA) is 66.9 Å². The molecule has 1 atom stereocenters. The van der Waals surface area contributed by atoms with E-state index in [0.29, 0.717) is 18.0 Å². The number of ether oxygens (including phenoxy) is 1. The second-order valence-corrected chi connectivity index (χ2v) is 9.27. The number of halogens is 1. The molecular formula is C26H31ClN2O4. The van der Waals surface area contributed by atoms with Crippen molar-refractivity contribution in [2.75, 3.05) is 19.7 Å². The molecule has 1 fully saturated rings. The Morgan fingerprint density at radius 2 is 1.70 bits per heavy atom. The molecule has 0 spiro atoms.